The summed E-state index contributed by atoms with van der Waals surface area (Å²) >= 11 is -3.72. The number of benzene rings is 6. The number of nitroso groups, excluding NO2 is 2. The molecule has 6 rings (SSSR count). The summed E-state index contributed by atoms with van der Waals surface area (Å²) in [5.74, 6) is 0. The van der Waals surface area contributed by atoms with Gasteiger partial charge in [0.05, 0.1) is 0 Å². The molecule has 0 saturated heterocycles. The molecule has 6 nitrogen and oxygen atoms in total. The Kier molecular flexibility index (Phi) is 13.2. The zero-order valence-corrected chi connectivity index (χ0v) is 29.5. The van der Waals surface area contributed by atoms with Crippen molar-refractivity contribution in [1.29, 1.82) is 0 Å². The van der Waals surface area contributed by atoms with Crippen molar-refractivity contribution in [2.45, 2.75) is 0 Å². The van der Waals surface area contributed by atoms with Crippen molar-refractivity contribution in [3.05, 3.63) is 192 Å². The third kappa shape index (κ3) is 9.13. The van der Waals surface area contributed by atoms with Crippen molar-refractivity contribution in [1.82, 2.24) is 0 Å². The SMILES string of the molecule is O=P(c1ccccc1)(c1ccccc1)c1ccccc1.O=P(c1ccccc1)(c1ccccc1)c1ccccc1.O=[N][Cr]([Cl])([Cl])[N]=O. The Bertz CT molecular complexity index is 1590. The molecule has 0 heterocycles. The molecule has 0 aliphatic carbocycles. The van der Waals surface area contributed by atoms with E-state index >= 15 is 0 Å². The van der Waals surface area contributed by atoms with Crippen molar-refractivity contribution in [3.63, 3.8) is 0 Å². The zero-order valence-electron chi connectivity index (χ0n) is 24.9. The van der Waals surface area contributed by atoms with Crippen LogP contribution < -0.4 is 31.8 Å². The quantitative estimate of drug-likeness (QED) is 0.116. The molecule has 0 amide bonds. The van der Waals surface area contributed by atoms with Crippen LogP contribution in [0.15, 0.2) is 190 Å². The second kappa shape index (κ2) is 17.3. The third-order valence-electron chi connectivity index (χ3n) is 6.90. The Hall–Kier alpha value is -3.91. The van der Waals surface area contributed by atoms with Gasteiger partial charge in [-0.25, -0.2) is 0 Å². The first-order valence-corrected chi connectivity index (χ1v) is 22.3. The summed E-state index contributed by atoms with van der Waals surface area (Å²) in [5, 5.41) is 5.24. The average molecular weight is 739 g/mol. The average Bonchev–Trinajstić information content (AvgIpc) is 3.17. The molecule has 47 heavy (non-hydrogen) atoms. The molecule has 0 aliphatic heterocycles. The molecule has 6 aromatic carbocycles. The van der Waals surface area contributed by atoms with Gasteiger partial charge in [0.1, 0.15) is 0 Å². The Morgan fingerprint density at radius 3 is 0.596 bits per heavy atom. The van der Waals surface area contributed by atoms with Crippen LogP contribution in [0.5, 0.6) is 0 Å². The molecule has 0 fully saturated rings. The minimum absolute atomic E-state index is 0.873. The predicted octanol–water partition coefficient (Wildman–Crippen LogP) is 8.46. The summed E-state index contributed by atoms with van der Waals surface area (Å²) in [5.41, 5.74) is 0. The Balaban J connectivity index is 0.000000178. The van der Waals surface area contributed by atoms with Gasteiger partial charge in [0.2, 0.25) is 0 Å². The van der Waals surface area contributed by atoms with Crippen molar-refractivity contribution in [2.24, 2.45) is 8.32 Å². The fourth-order valence-corrected chi connectivity index (χ4v) is 10.1. The Morgan fingerprint density at radius 1 is 0.340 bits per heavy atom. The molecule has 11 heteroatoms. The monoisotopic (exact) mass is 738 g/mol. The first-order valence-electron chi connectivity index (χ1n) is 14.2. The summed E-state index contributed by atoms with van der Waals surface area (Å²) < 4.78 is 31.8. The Labute approximate surface area is 285 Å². The van der Waals surface area contributed by atoms with Crippen molar-refractivity contribution >= 4 is 66.2 Å². The normalized spacial score (nSPS) is 11.4. The molecule has 0 N–H and O–H groups in total. The summed E-state index contributed by atoms with van der Waals surface area (Å²) in [6.45, 7) is 0. The molecule has 0 atom stereocenters. The van der Waals surface area contributed by atoms with E-state index in [1.165, 1.54) is 0 Å². The standard InChI is InChI=1S/2C18H15OP.2ClH.Cr.2NO/c2*19-20(16-10-4-1-5-11-16,17-12-6-2-7-13-17)18-14-8-3-9-15-18;;;;2*1-2/h2*1-15H;2*1H;;;/q;;;;+4;2*-1/p-2. The van der Waals surface area contributed by atoms with Crippen LogP contribution in [-0.4, -0.2) is 0 Å². The first-order chi connectivity index (χ1) is 22.8. The molecule has 0 spiro atoms. The van der Waals surface area contributed by atoms with Crippen LogP contribution in [0.25, 0.3) is 0 Å². The van der Waals surface area contributed by atoms with E-state index in [9.17, 15) is 18.9 Å². The van der Waals surface area contributed by atoms with E-state index in [-0.39, 0.29) is 0 Å². The van der Waals surface area contributed by atoms with E-state index in [1.54, 1.807) is 0 Å². The number of hydrogen-bond acceptors (Lipinski definition) is 6. The maximum absolute atomic E-state index is 13.8. The van der Waals surface area contributed by atoms with Gasteiger partial charge in [-0.1, -0.05) is 182 Å². The topological polar surface area (TPSA) is 93.0 Å². The van der Waals surface area contributed by atoms with E-state index in [2.05, 4.69) is 8.32 Å². The third-order valence-corrected chi connectivity index (χ3v) is 14.5. The van der Waals surface area contributed by atoms with Crippen LogP contribution in [0.1, 0.15) is 0 Å². The maximum atomic E-state index is 13.8. The number of hydrogen-bond donors (Lipinski definition) is 0. The van der Waals surface area contributed by atoms with E-state index < -0.39 is 26.0 Å². The van der Waals surface area contributed by atoms with Gasteiger partial charge >= 0.3 is 49.9 Å². The van der Waals surface area contributed by atoms with E-state index in [1.807, 2.05) is 182 Å². The van der Waals surface area contributed by atoms with E-state index in [0.29, 0.717) is 0 Å². The minimum atomic E-state index is -3.72. The van der Waals surface area contributed by atoms with Gasteiger partial charge in [-0.2, -0.15) is 0 Å². The predicted molar refractivity (Wildman–Crippen MR) is 195 cm³/mol. The molecule has 0 radical (unpaired) electrons. The van der Waals surface area contributed by atoms with Gasteiger partial charge in [0, 0.05) is 31.8 Å². The molecule has 0 bridgehead atoms. The first kappa shape index (κ1) is 35.9. The van der Waals surface area contributed by atoms with Crippen molar-refractivity contribution < 1.29 is 20.8 Å². The molecule has 6 aromatic rings. The number of rotatable bonds is 8. The van der Waals surface area contributed by atoms with E-state index in [0.717, 1.165) is 31.8 Å². The van der Waals surface area contributed by atoms with Crippen LogP contribution in [0.3, 0.4) is 0 Å². The van der Waals surface area contributed by atoms with Crippen LogP contribution >= 0.6 is 34.4 Å². The molecular formula is C36H30Cl2CrN2O4P2. The summed E-state index contributed by atoms with van der Waals surface area (Å²) in [4.78, 5) is 18.6. The van der Waals surface area contributed by atoms with Crippen LogP contribution in [0, 0.1) is 9.81 Å². The fraction of sp³-hybridized carbons (Fsp3) is 0. The summed E-state index contributed by atoms with van der Waals surface area (Å²) in [6, 6.07) is 58.3. The van der Waals surface area contributed by atoms with Gasteiger partial charge in [0.25, 0.3) is 0 Å². The number of nitrogens with zero attached hydrogens (tertiary/aromatic N) is 2. The molecule has 0 unspecified atom stereocenters. The molecular weight excluding hydrogens is 709 g/mol. The molecule has 0 saturated carbocycles. The number of halogens is 2. The Morgan fingerprint density at radius 2 is 0.489 bits per heavy atom. The second-order valence-corrected chi connectivity index (χ2v) is 21.3. The fourth-order valence-electron chi connectivity index (χ4n) is 4.74. The van der Waals surface area contributed by atoms with E-state index in [4.69, 9.17) is 20.1 Å². The molecule has 238 valence electrons. The van der Waals surface area contributed by atoms with Crippen LogP contribution in [0.2, 0.25) is 0 Å². The van der Waals surface area contributed by atoms with Gasteiger partial charge in [-0.3, -0.25) is 0 Å². The van der Waals surface area contributed by atoms with Crippen LogP contribution in [0.4, 0.5) is 0 Å². The van der Waals surface area contributed by atoms with Crippen LogP contribution in [-0.2, 0) is 20.8 Å². The second-order valence-electron chi connectivity index (χ2n) is 9.80. The van der Waals surface area contributed by atoms with Crippen molar-refractivity contribution in [3.8, 4) is 0 Å². The molecule has 0 aromatic heterocycles. The summed E-state index contributed by atoms with van der Waals surface area (Å²) in [6.07, 6.45) is 0. The van der Waals surface area contributed by atoms with Crippen molar-refractivity contribution in [2.75, 3.05) is 0 Å². The van der Waals surface area contributed by atoms with Gasteiger partial charge < -0.3 is 9.13 Å². The zero-order chi connectivity index (χ0) is 33.6. The molecule has 0 aliphatic rings. The van der Waals surface area contributed by atoms with Gasteiger partial charge in [-0.05, 0) is 0 Å². The van der Waals surface area contributed by atoms with Gasteiger partial charge in [-0.15, -0.1) is 0 Å². The summed E-state index contributed by atoms with van der Waals surface area (Å²) in [7, 11) is 4.18. The van der Waals surface area contributed by atoms with Gasteiger partial charge in [0.15, 0.2) is 14.3 Å².